The molecule has 4 rings (SSSR count). The van der Waals surface area contributed by atoms with Gasteiger partial charge in [-0.1, -0.05) is 56.9 Å². The summed E-state index contributed by atoms with van der Waals surface area (Å²) in [7, 11) is 0. The third-order valence-corrected chi connectivity index (χ3v) is 6.01. The van der Waals surface area contributed by atoms with Gasteiger partial charge in [0.2, 0.25) is 0 Å². The highest BCUT2D eigenvalue weighted by atomic mass is 14.4. The molecule has 4 aliphatic carbocycles. The Hall–Kier alpha value is -0.520. The molecule has 0 aromatic rings. The molecule has 2 fully saturated rings. The van der Waals surface area contributed by atoms with Crippen LogP contribution in [-0.2, 0) is 0 Å². The summed E-state index contributed by atoms with van der Waals surface area (Å²) < 4.78 is 0. The second-order valence-electron chi connectivity index (χ2n) is 7.61. The average Bonchev–Trinajstić information content (AvgIpc) is 3.24. The van der Waals surface area contributed by atoms with Crippen LogP contribution in [0, 0.1) is 29.6 Å². The van der Waals surface area contributed by atoms with E-state index >= 15 is 0 Å². The zero-order chi connectivity index (χ0) is 13.8. The van der Waals surface area contributed by atoms with Crippen LogP contribution in [0.25, 0.3) is 0 Å². The molecule has 0 spiro atoms. The summed E-state index contributed by atoms with van der Waals surface area (Å²) in [6, 6.07) is 0. The molecule has 0 heteroatoms. The van der Waals surface area contributed by atoms with Crippen molar-refractivity contribution in [1.29, 1.82) is 0 Å². The maximum atomic E-state index is 2.48. The fraction of sp³-hybridized carbons (Fsp3) is 0.800. The molecule has 2 saturated carbocycles. The quantitative estimate of drug-likeness (QED) is 0.416. The Balaban J connectivity index is 0.000000144. The molecule has 0 saturated heterocycles. The Kier molecular flexibility index (Phi) is 5.02. The first-order valence-electron chi connectivity index (χ1n) is 9.21. The Bertz CT molecular complexity index is 339. The molecule has 0 nitrogen and oxygen atoms in total. The van der Waals surface area contributed by atoms with E-state index < -0.39 is 0 Å². The summed E-state index contributed by atoms with van der Waals surface area (Å²) in [5.41, 5.74) is 0. The van der Waals surface area contributed by atoms with Crippen molar-refractivity contribution in [2.45, 2.75) is 71.1 Å². The van der Waals surface area contributed by atoms with E-state index in [0.29, 0.717) is 0 Å². The van der Waals surface area contributed by atoms with Crippen LogP contribution in [0.1, 0.15) is 71.1 Å². The molecule has 20 heavy (non-hydrogen) atoms. The molecule has 0 heterocycles. The van der Waals surface area contributed by atoms with Crippen molar-refractivity contribution in [3.63, 3.8) is 0 Å². The van der Waals surface area contributed by atoms with Crippen LogP contribution in [0.2, 0.25) is 0 Å². The maximum absolute atomic E-state index is 2.48. The lowest BCUT2D eigenvalue weighted by atomic mass is 9.88. The van der Waals surface area contributed by atoms with Crippen molar-refractivity contribution in [3.8, 4) is 0 Å². The predicted molar refractivity (Wildman–Crippen MR) is 87.6 cm³/mol. The molecule has 0 aliphatic heterocycles. The summed E-state index contributed by atoms with van der Waals surface area (Å²) in [5, 5.41) is 0. The van der Waals surface area contributed by atoms with Crippen LogP contribution in [-0.4, -0.2) is 0 Å². The molecule has 0 aromatic carbocycles. The molecule has 4 aliphatic rings. The molecule has 112 valence electrons. The monoisotopic (exact) mass is 272 g/mol. The summed E-state index contributed by atoms with van der Waals surface area (Å²) in [6.07, 6.45) is 24.4. The minimum atomic E-state index is 0.973. The van der Waals surface area contributed by atoms with Gasteiger partial charge in [0.25, 0.3) is 0 Å². The minimum absolute atomic E-state index is 0.973. The van der Waals surface area contributed by atoms with Gasteiger partial charge in [0, 0.05) is 0 Å². The highest BCUT2D eigenvalue weighted by molar-refractivity contribution is 5.09. The average molecular weight is 272 g/mol. The lowest BCUT2D eigenvalue weighted by Gasteiger charge is -2.17. The smallest absolute Gasteiger partial charge is 0.0199 e. The van der Waals surface area contributed by atoms with E-state index in [9.17, 15) is 0 Å². The molecule has 0 aromatic heterocycles. The van der Waals surface area contributed by atoms with E-state index in [4.69, 9.17) is 0 Å². The molecular weight excluding hydrogens is 240 g/mol. The molecule has 5 unspecified atom stereocenters. The SMILES string of the molecule is C1=CC2CCC1C2.CCCCCCC1CC2C=CC1C2. The fourth-order valence-corrected chi connectivity index (χ4v) is 4.78. The standard InChI is InChI=1S/C13H22.C7H10/c1-2-3-4-5-6-12-9-11-7-8-13(12)10-11;1-2-7-4-3-6(1)5-7/h7-8,11-13H,2-6,9-10H2,1H3;1-2,6-7H,3-5H2. The van der Waals surface area contributed by atoms with E-state index in [2.05, 4.69) is 31.2 Å². The Morgan fingerprint density at radius 2 is 1.50 bits per heavy atom. The summed E-state index contributed by atoms with van der Waals surface area (Å²) >= 11 is 0. The van der Waals surface area contributed by atoms with E-state index in [1.807, 2.05) is 0 Å². The Morgan fingerprint density at radius 1 is 0.750 bits per heavy atom. The van der Waals surface area contributed by atoms with Gasteiger partial charge in [-0.3, -0.25) is 0 Å². The van der Waals surface area contributed by atoms with E-state index in [0.717, 1.165) is 29.6 Å². The van der Waals surface area contributed by atoms with Crippen molar-refractivity contribution in [1.82, 2.24) is 0 Å². The number of fused-ring (bicyclic) bond motifs is 4. The van der Waals surface area contributed by atoms with Crippen molar-refractivity contribution in [2.24, 2.45) is 29.6 Å². The lowest BCUT2D eigenvalue weighted by Crippen LogP contribution is -2.06. The molecule has 0 N–H and O–H groups in total. The van der Waals surface area contributed by atoms with Crippen LogP contribution in [0.3, 0.4) is 0 Å². The van der Waals surface area contributed by atoms with Gasteiger partial charge in [-0.15, -0.1) is 0 Å². The van der Waals surface area contributed by atoms with Crippen molar-refractivity contribution >= 4 is 0 Å². The molecule has 5 atom stereocenters. The van der Waals surface area contributed by atoms with Gasteiger partial charge in [0.05, 0.1) is 0 Å². The van der Waals surface area contributed by atoms with Gasteiger partial charge >= 0.3 is 0 Å². The number of hydrogen-bond donors (Lipinski definition) is 0. The van der Waals surface area contributed by atoms with E-state index in [1.165, 1.54) is 64.2 Å². The van der Waals surface area contributed by atoms with Crippen molar-refractivity contribution in [3.05, 3.63) is 24.3 Å². The van der Waals surface area contributed by atoms with Crippen LogP contribution in [0.15, 0.2) is 24.3 Å². The number of allylic oxidation sites excluding steroid dienone is 4. The third-order valence-electron chi connectivity index (χ3n) is 6.01. The van der Waals surface area contributed by atoms with Gasteiger partial charge in [-0.25, -0.2) is 0 Å². The number of hydrogen-bond acceptors (Lipinski definition) is 0. The first-order chi connectivity index (χ1) is 9.85. The summed E-state index contributed by atoms with van der Waals surface area (Å²) in [5.74, 6) is 5.00. The Morgan fingerprint density at radius 3 is 1.95 bits per heavy atom. The second kappa shape index (κ2) is 6.96. The predicted octanol–water partition coefficient (Wildman–Crippen LogP) is 6.14. The number of rotatable bonds is 5. The second-order valence-corrected chi connectivity index (χ2v) is 7.61. The largest absolute Gasteiger partial charge is 0.0851 e. The molecule has 0 amide bonds. The van der Waals surface area contributed by atoms with Gasteiger partial charge in [0.1, 0.15) is 0 Å². The van der Waals surface area contributed by atoms with Crippen LogP contribution >= 0.6 is 0 Å². The van der Waals surface area contributed by atoms with Gasteiger partial charge in [0.15, 0.2) is 0 Å². The number of unbranched alkanes of at least 4 members (excludes halogenated alkanes) is 3. The van der Waals surface area contributed by atoms with Crippen molar-refractivity contribution in [2.75, 3.05) is 0 Å². The molecule has 0 radical (unpaired) electrons. The van der Waals surface area contributed by atoms with Gasteiger partial charge in [-0.2, -0.15) is 0 Å². The molecule has 4 bridgehead atoms. The van der Waals surface area contributed by atoms with E-state index in [-0.39, 0.29) is 0 Å². The first kappa shape index (κ1) is 14.4. The normalized spacial score (nSPS) is 39.4. The van der Waals surface area contributed by atoms with Crippen molar-refractivity contribution < 1.29 is 0 Å². The van der Waals surface area contributed by atoms with Crippen LogP contribution in [0.5, 0.6) is 0 Å². The topological polar surface area (TPSA) is 0 Å². The zero-order valence-electron chi connectivity index (χ0n) is 13.3. The first-order valence-corrected chi connectivity index (χ1v) is 9.21. The highest BCUT2D eigenvalue weighted by Gasteiger charge is 2.34. The van der Waals surface area contributed by atoms with Crippen LogP contribution < -0.4 is 0 Å². The third kappa shape index (κ3) is 3.57. The van der Waals surface area contributed by atoms with Gasteiger partial charge < -0.3 is 0 Å². The lowest BCUT2D eigenvalue weighted by molar-refractivity contribution is 0.395. The summed E-state index contributed by atoms with van der Waals surface area (Å²) in [4.78, 5) is 0. The van der Waals surface area contributed by atoms with Crippen LogP contribution in [0.4, 0.5) is 0 Å². The molecular formula is C20H32. The fourth-order valence-electron chi connectivity index (χ4n) is 4.78. The van der Waals surface area contributed by atoms with Gasteiger partial charge in [-0.05, 0) is 68.1 Å². The minimum Gasteiger partial charge on any atom is -0.0851 e. The van der Waals surface area contributed by atoms with E-state index in [1.54, 1.807) is 0 Å². The Labute approximate surface area is 125 Å². The highest BCUT2D eigenvalue weighted by Crippen LogP contribution is 2.45. The zero-order valence-corrected chi connectivity index (χ0v) is 13.3. The summed E-state index contributed by atoms with van der Waals surface area (Å²) in [6.45, 7) is 2.29. The maximum Gasteiger partial charge on any atom is -0.0199 e.